The summed E-state index contributed by atoms with van der Waals surface area (Å²) >= 11 is 1.59. The number of aliphatic hydroxyl groups excluding tert-OH is 1. The van der Waals surface area contributed by atoms with Crippen molar-refractivity contribution in [1.82, 2.24) is 25.3 Å². The zero-order valence-corrected chi connectivity index (χ0v) is 32.0. The number of aryl methyl sites for hydroxylation is 1. The Morgan fingerprint density at radius 3 is 2.35 bits per heavy atom. The van der Waals surface area contributed by atoms with Gasteiger partial charge in [-0.1, -0.05) is 43.3 Å². The van der Waals surface area contributed by atoms with Gasteiger partial charge in [0, 0.05) is 45.2 Å². The standard InChI is InChI=1S/C38H52N6O7S/c1-22(2)33(31-17-32(41-51-31)43-19-29(20-43)49-28-12-14-42(15-13-28)37(48)50-38(5,6)7)36(47)44-18-27(45)16-30(44)35(46)40-23(3)25-8-10-26(11-9-25)34-24(4)39-21-52-34/h8-11,17,21-23,27-30,33,45H,12-16,18-20H2,1-7H3,(H,40,46)/t23-,27+,30-,33+/m0/s1. The van der Waals surface area contributed by atoms with Crippen molar-refractivity contribution in [3.8, 4) is 10.4 Å². The number of rotatable bonds is 10. The summed E-state index contributed by atoms with van der Waals surface area (Å²) in [5.74, 6) is -0.330. The van der Waals surface area contributed by atoms with E-state index in [1.165, 1.54) is 4.90 Å². The molecular formula is C38H52N6O7S. The number of carbonyl (C=O) groups is 3. The van der Waals surface area contributed by atoms with E-state index in [0.717, 1.165) is 34.5 Å². The average molecular weight is 737 g/mol. The van der Waals surface area contributed by atoms with E-state index < -0.39 is 23.7 Å². The molecule has 3 saturated heterocycles. The van der Waals surface area contributed by atoms with Crippen molar-refractivity contribution in [1.29, 1.82) is 0 Å². The minimum absolute atomic E-state index is 0.0360. The van der Waals surface area contributed by atoms with Gasteiger partial charge < -0.3 is 39.1 Å². The molecule has 0 saturated carbocycles. The second-order valence-corrected chi connectivity index (χ2v) is 16.5. The van der Waals surface area contributed by atoms with E-state index in [1.807, 2.05) is 78.2 Å². The van der Waals surface area contributed by atoms with Crippen LogP contribution in [0.5, 0.6) is 0 Å². The molecule has 2 N–H and O–H groups in total. The van der Waals surface area contributed by atoms with Crippen LogP contribution in [-0.2, 0) is 19.1 Å². The molecule has 5 heterocycles. The number of aromatic nitrogens is 2. The van der Waals surface area contributed by atoms with E-state index in [0.29, 0.717) is 37.8 Å². The second-order valence-electron chi connectivity index (χ2n) is 15.7. The maximum absolute atomic E-state index is 14.1. The highest BCUT2D eigenvalue weighted by Crippen LogP contribution is 2.35. The quantitative estimate of drug-likeness (QED) is 0.281. The molecule has 1 aromatic carbocycles. The first-order valence-corrected chi connectivity index (χ1v) is 19.2. The molecule has 282 valence electrons. The maximum atomic E-state index is 14.1. The predicted molar refractivity (Wildman–Crippen MR) is 197 cm³/mol. The van der Waals surface area contributed by atoms with Gasteiger partial charge in [0.2, 0.25) is 11.8 Å². The van der Waals surface area contributed by atoms with Crippen molar-refractivity contribution >= 4 is 35.1 Å². The Balaban J connectivity index is 1.02. The van der Waals surface area contributed by atoms with Crippen molar-refractivity contribution in [2.45, 2.75) is 110 Å². The first kappa shape index (κ1) is 37.7. The fraction of sp³-hybridized carbons (Fsp3) is 0.605. The molecule has 13 nitrogen and oxygen atoms in total. The van der Waals surface area contributed by atoms with Crippen LogP contribution in [0.25, 0.3) is 10.4 Å². The minimum Gasteiger partial charge on any atom is -0.444 e. The monoisotopic (exact) mass is 736 g/mol. The number of likely N-dealkylation sites (tertiary alicyclic amines) is 2. The highest BCUT2D eigenvalue weighted by Gasteiger charge is 2.44. The Kier molecular flexibility index (Phi) is 11.3. The third-order valence-electron chi connectivity index (χ3n) is 10.0. The number of ether oxygens (including phenoxy) is 2. The summed E-state index contributed by atoms with van der Waals surface area (Å²) in [4.78, 5) is 50.9. The fourth-order valence-electron chi connectivity index (χ4n) is 7.17. The van der Waals surface area contributed by atoms with Gasteiger partial charge in [0.25, 0.3) is 0 Å². The molecule has 14 heteroatoms. The molecule has 0 radical (unpaired) electrons. The minimum atomic E-state index is -0.808. The zero-order valence-electron chi connectivity index (χ0n) is 31.2. The number of benzene rings is 1. The number of hydrogen-bond acceptors (Lipinski definition) is 11. The topological polar surface area (TPSA) is 151 Å². The normalized spacial score (nSPS) is 21.3. The molecule has 3 fully saturated rings. The molecule has 2 aromatic heterocycles. The van der Waals surface area contributed by atoms with E-state index >= 15 is 0 Å². The Labute approximate surface area is 309 Å². The van der Waals surface area contributed by atoms with Gasteiger partial charge in [-0.15, -0.1) is 11.3 Å². The van der Waals surface area contributed by atoms with E-state index in [2.05, 4.69) is 20.4 Å². The fourth-order valence-corrected chi connectivity index (χ4v) is 7.99. The summed E-state index contributed by atoms with van der Waals surface area (Å²) in [6.07, 6.45) is 0.694. The number of β-amino-alcohol motifs (C(OH)–C–C–N with tert-alkyl or cyclic N) is 1. The van der Waals surface area contributed by atoms with Crippen LogP contribution in [0.1, 0.15) is 89.8 Å². The summed E-state index contributed by atoms with van der Waals surface area (Å²) < 4.78 is 17.6. The van der Waals surface area contributed by atoms with Crippen LogP contribution in [0.15, 0.2) is 40.4 Å². The maximum Gasteiger partial charge on any atom is 0.410 e. The van der Waals surface area contributed by atoms with Gasteiger partial charge in [0.15, 0.2) is 11.6 Å². The lowest BCUT2D eigenvalue weighted by Crippen LogP contribution is -2.54. The summed E-state index contributed by atoms with van der Waals surface area (Å²) in [6.45, 7) is 15.9. The van der Waals surface area contributed by atoms with Crippen LogP contribution in [0.2, 0.25) is 0 Å². The number of aliphatic hydroxyl groups is 1. The molecule has 0 aliphatic carbocycles. The number of nitrogens with zero attached hydrogens (tertiary/aromatic N) is 5. The SMILES string of the molecule is Cc1ncsc1-c1ccc([C@H](C)NC(=O)[C@@H]2C[C@@H](O)CN2C(=O)[C@@H](c2cc(N3CC(OC4CCN(C(=O)OC(C)(C)C)CC4)C3)no2)C(C)C)cc1. The van der Waals surface area contributed by atoms with Crippen molar-refractivity contribution in [3.05, 3.63) is 52.9 Å². The molecule has 4 atom stereocenters. The zero-order chi connectivity index (χ0) is 37.3. The van der Waals surface area contributed by atoms with Gasteiger partial charge in [-0.2, -0.15) is 0 Å². The smallest absolute Gasteiger partial charge is 0.410 e. The summed E-state index contributed by atoms with van der Waals surface area (Å²) in [7, 11) is 0. The first-order valence-electron chi connectivity index (χ1n) is 18.3. The number of thiazole rings is 1. The van der Waals surface area contributed by atoms with Crippen molar-refractivity contribution in [2.24, 2.45) is 5.92 Å². The third kappa shape index (κ3) is 8.61. The lowest BCUT2D eigenvalue weighted by Gasteiger charge is -2.42. The van der Waals surface area contributed by atoms with E-state index in [4.69, 9.17) is 14.0 Å². The van der Waals surface area contributed by atoms with Gasteiger partial charge in [-0.05, 0) is 64.5 Å². The van der Waals surface area contributed by atoms with Crippen LogP contribution in [0.3, 0.4) is 0 Å². The highest BCUT2D eigenvalue weighted by molar-refractivity contribution is 7.13. The van der Waals surface area contributed by atoms with Gasteiger partial charge >= 0.3 is 6.09 Å². The molecule has 52 heavy (non-hydrogen) atoms. The highest BCUT2D eigenvalue weighted by atomic mass is 32.1. The molecular weight excluding hydrogens is 685 g/mol. The van der Waals surface area contributed by atoms with Crippen LogP contribution in [-0.4, -0.2) is 106 Å². The number of carbonyl (C=O) groups excluding carboxylic acids is 3. The average Bonchev–Trinajstić information content (AvgIpc) is 3.82. The Morgan fingerprint density at radius 2 is 1.73 bits per heavy atom. The first-order chi connectivity index (χ1) is 24.7. The predicted octanol–water partition coefficient (Wildman–Crippen LogP) is 5.29. The molecule has 3 amide bonds. The Bertz CT molecular complexity index is 1700. The van der Waals surface area contributed by atoms with Crippen molar-refractivity contribution < 1.29 is 33.5 Å². The molecule has 0 unspecified atom stereocenters. The number of hydrogen-bond donors (Lipinski definition) is 2. The van der Waals surface area contributed by atoms with Crippen LogP contribution < -0.4 is 10.2 Å². The van der Waals surface area contributed by atoms with Gasteiger partial charge in [-0.25, -0.2) is 9.78 Å². The van der Waals surface area contributed by atoms with Crippen LogP contribution in [0.4, 0.5) is 10.6 Å². The van der Waals surface area contributed by atoms with E-state index in [9.17, 15) is 19.5 Å². The Hall–Kier alpha value is -4.01. The number of piperidine rings is 1. The van der Waals surface area contributed by atoms with Gasteiger partial charge in [0.1, 0.15) is 17.6 Å². The summed E-state index contributed by atoms with van der Waals surface area (Å²) in [5, 5.41) is 18.0. The number of anilines is 1. The van der Waals surface area contributed by atoms with E-state index in [1.54, 1.807) is 22.3 Å². The number of amides is 3. The summed E-state index contributed by atoms with van der Waals surface area (Å²) in [5.41, 5.74) is 4.30. The molecule has 3 aliphatic heterocycles. The molecule has 0 spiro atoms. The van der Waals surface area contributed by atoms with Crippen molar-refractivity contribution in [3.63, 3.8) is 0 Å². The molecule has 6 rings (SSSR count). The van der Waals surface area contributed by atoms with Crippen LogP contribution in [0, 0.1) is 12.8 Å². The largest absolute Gasteiger partial charge is 0.444 e. The number of nitrogens with one attached hydrogen (secondary N) is 1. The molecule has 3 aliphatic rings. The van der Waals surface area contributed by atoms with Gasteiger partial charge in [0.05, 0.1) is 40.4 Å². The second kappa shape index (κ2) is 15.5. The van der Waals surface area contributed by atoms with Gasteiger partial charge in [-0.3, -0.25) is 9.59 Å². The summed E-state index contributed by atoms with van der Waals surface area (Å²) in [6, 6.07) is 8.73. The van der Waals surface area contributed by atoms with Crippen LogP contribution >= 0.6 is 11.3 Å². The van der Waals surface area contributed by atoms with Crippen molar-refractivity contribution in [2.75, 3.05) is 37.6 Å². The third-order valence-corrected chi connectivity index (χ3v) is 11.0. The lowest BCUT2D eigenvalue weighted by atomic mass is 9.91. The molecule has 3 aromatic rings. The molecule has 0 bridgehead atoms. The Morgan fingerprint density at radius 1 is 1.04 bits per heavy atom. The van der Waals surface area contributed by atoms with E-state index in [-0.39, 0.29) is 55.0 Å². The lowest BCUT2D eigenvalue weighted by molar-refractivity contribution is -0.141.